The monoisotopic (exact) mass is 222 g/mol. The Kier molecular flexibility index (Phi) is 4.58. The van der Waals surface area contributed by atoms with Crippen molar-refractivity contribution in [1.82, 2.24) is 0 Å². The quantitative estimate of drug-likeness (QED) is 0.668. The lowest BCUT2D eigenvalue weighted by atomic mass is 10.1. The summed E-state index contributed by atoms with van der Waals surface area (Å²) in [6.07, 6.45) is -0.864. The van der Waals surface area contributed by atoms with Gasteiger partial charge in [0.25, 0.3) is 0 Å². The zero-order chi connectivity index (χ0) is 12.0. The molecule has 5 heteroatoms. The molecule has 0 amide bonds. The maximum Gasteiger partial charge on any atom is 0.143 e. The fourth-order valence-corrected chi connectivity index (χ4v) is 1.26. The summed E-state index contributed by atoms with van der Waals surface area (Å²) < 4.78 is 5.10. The summed E-state index contributed by atoms with van der Waals surface area (Å²) in [7, 11) is 1.50. The third-order valence-corrected chi connectivity index (χ3v) is 2.09. The van der Waals surface area contributed by atoms with Crippen molar-refractivity contribution in [1.29, 1.82) is 5.26 Å². The van der Waals surface area contributed by atoms with Gasteiger partial charge in [-0.25, -0.2) is 0 Å². The van der Waals surface area contributed by atoms with E-state index in [0.29, 0.717) is 17.0 Å². The zero-order valence-electron chi connectivity index (χ0n) is 8.97. The fraction of sp³-hybridized carbons (Fsp3) is 0.364. The molecule has 0 saturated heterocycles. The summed E-state index contributed by atoms with van der Waals surface area (Å²) in [5.41, 5.74) is 0.962. The Balaban J connectivity index is 2.88. The number of aliphatic hydroxyl groups is 2. The first-order valence-electron chi connectivity index (χ1n) is 4.82. The molecule has 0 heterocycles. The Hall–Kier alpha value is -1.77. The lowest BCUT2D eigenvalue weighted by Crippen LogP contribution is -2.23. The number of hydrogen-bond donors (Lipinski definition) is 3. The molecule has 0 bridgehead atoms. The van der Waals surface area contributed by atoms with Crippen LogP contribution in [0.15, 0.2) is 18.2 Å². The number of nitrogens with zero attached hydrogens (tertiary/aromatic N) is 1. The molecule has 86 valence electrons. The number of nitrogens with one attached hydrogen (secondary N) is 1. The van der Waals surface area contributed by atoms with Gasteiger partial charge in [0.05, 0.1) is 31.1 Å². The largest absolute Gasteiger partial charge is 0.495 e. The van der Waals surface area contributed by atoms with Crippen LogP contribution in [0.2, 0.25) is 0 Å². The third-order valence-electron chi connectivity index (χ3n) is 2.09. The van der Waals surface area contributed by atoms with E-state index in [1.54, 1.807) is 18.2 Å². The summed E-state index contributed by atoms with van der Waals surface area (Å²) in [6, 6.07) is 7.10. The molecule has 0 unspecified atom stereocenters. The SMILES string of the molecule is COc1cccc(C#N)c1NC[C@H](O)CO. The van der Waals surface area contributed by atoms with Crippen molar-refractivity contribution in [2.45, 2.75) is 6.10 Å². The van der Waals surface area contributed by atoms with Gasteiger partial charge < -0.3 is 20.3 Å². The number of benzene rings is 1. The number of anilines is 1. The molecule has 0 aliphatic heterocycles. The number of ether oxygens (including phenoxy) is 1. The van der Waals surface area contributed by atoms with Gasteiger partial charge in [0.1, 0.15) is 11.8 Å². The summed E-state index contributed by atoms with van der Waals surface area (Å²) in [4.78, 5) is 0. The van der Waals surface area contributed by atoms with Crippen molar-refractivity contribution in [2.24, 2.45) is 0 Å². The molecule has 0 saturated carbocycles. The maximum atomic E-state index is 9.21. The molecule has 1 atom stereocenters. The van der Waals surface area contributed by atoms with Gasteiger partial charge >= 0.3 is 0 Å². The minimum Gasteiger partial charge on any atom is -0.495 e. The van der Waals surface area contributed by atoms with Gasteiger partial charge in [0.2, 0.25) is 0 Å². The second-order valence-electron chi connectivity index (χ2n) is 3.21. The summed E-state index contributed by atoms with van der Waals surface area (Å²) in [5, 5.41) is 29.7. The van der Waals surface area contributed by atoms with Gasteiger partial charge in [-0.2, -0.15) is 5.26 Å². The highest BCUT2D eigenvalue weighted by molar-refractivity contribution is 5.66. The lowest BCUT2D eigenvalue weighted by molar-refractivity contribution is 0.105. The first-order chi connectivity index (χ1) is 7.72. The van der Waals surface area contributed by atoms with Crippen molar-refractivity contribution < 1.29 is 14.9 Å². The van der Waals surface area contributed by atoms with Crippen LogP contribution in [-0.4, -0.2) is 36.6 Å². The van der Waals surface area contributed by atoms with E-state index in [1.165, 1.54) is 7.11 Å². The van der Waals surface area contributed by atoms with Crippen LogP contribution in [0.5, 0.6) is 5.75 Å². The van der Waals surface area contributed by atoms with Gasteiger partial charge in [-0.15, -0.1) is 0 Å². The van der Waals surface area contributed by atoms with Crippen LogP contribution in [-0.2, 0) is 0 Å². The zero-order valence-corrected chi connectivity index (χ0v) is 8.97. The fourth-order valence-electron chi connectivity index (χ4n) is 1.26. The molecule has 1 aromatic rings. The standard InChI is InChI=1S/C11H14N2O3/c1-16-10-4-2-3-8(5-12)11(10)13-6-9(15)7-14/h2-4,9,13-15H,6-7H2,1H3/t9-/m0/s1. The van der Waals surface area contributed by atoms with Crippen molar-refractivity contribution in [3.63, 3.8) is 0 Å². The molecule has 3 N–H and O–H groups in total. The number of rotatable bonds is 5. The minimum absolute atomic E-state index is 0.158. The van der Waals surface area contributed by atoms with Gasteiger partial charge in [-0.1, -0.05) is 6.07 Å². The Morgan fingerprint density at radius 3 is 2.88 bits per heavy atom. The van der Waals surface area contributed by atoms with Crippen molar-refractivity contribution in [2.75, 3.05) is 25.6 Å². The summed E-state index contributed by atoms with van der Waals surface area (Å²) >= 11 is 0. The number of methoxy groups -OCH3 is 1. The van der Waals surface area contributed by atoms with Crippen molar-refractivity contribution in [3.8, 4) is 11.8 Å². The van der Waals surface area contributed by atoms with Crippen LogP contribution in [0.4, 0.5) is 5.69 Å². The first-order valence-corrected chi connectivity index (χ1v) is 4.82. The van der Waals surface area contributed by atoms with E-state index in [2.05, 4.69) is 5.32 Å². The van der Waals surface area contributed by atoms with Gasteiger partial charge in [0, 0.05) is 6.54 Å². The molecular weight excluding hydrogens is 208 g/mol. The molecule has 0 aromatic heterocycles. The van der Waals surface area contributed by atoms with Crippen LogP contribution in [0, 0.1) is 11.3 Å². The average molecular weight is 222 g/mol. The molecule has 1 rings (SSSR count). The van der Waals surface area contributed by atoms with E-state index < -0.39 is 6.10 Å². The van der Waals surface area contributed by atoms with E-state index >= 15 is 0 Å². The highest BCUT2D eigenvalue weighted by Gasteiger charge is 2.10. The highest BCUT2D eigenvalue weighted by Crippen LogP contribution is 2.27. The van der Waals surface area contributed by atoms with Crippen LogP contribution in [0.1, 0.15) is 5.56 Å². The first kappa shape index (κ1) is 12.3. The molecule has 0 spiro atoms. The Morgan fingerprint density at radius 1 is 1.56 bits per heavy atom. The average Bonchev–Trinajstić information content (AvgIpc) is 2.35. The molecule has 16 heavy (non-hydrogen) atoms. The Morgan fingerprint density at radius 2 is 2.31 bits per heavy atom. The van der Waals surface area contributed by atoms with Gasteiger partial charge in [-0.05, 0) is 12.1 Å². The van der Waals surface area contributed by atoms with E-state index in [1.807, 2.05) is 6.07 Å². The van der Waals surface area contributed by atoms with Crippen LogP contribution in [0.25, 0.3) is 0 Å². The van der Waals surface area contributed by atoms with Crippen LogP contribution >= 0.6 is 0 Å². The molecule has 0 radical (unpaired) electrons. The van der Waals surface area contributed by atoms with E-state index in [-0.39, 0.29) is 13.2 Å². The highest BCUT2D eigenvalue weighted by atomic mass is 16.5. The van der Waals surface area contributed by atoms with E-state index in [9.17, 15) is 5.11 Å². The smallest absolute Gasteiger partial charge is 0.143 e. The minimum atomic E-state index is -0.864. The topological polar surface area (TPSA) is 85.5 Å². The number of para-hydroxylation sites is 1. The van der Waals surface area contributed by atoms with Crippen molar-refractivity contribution >= 4 is 5.69 Å². The number of hydrogen-bond acceptors (Lipinski definition) is 5. The predicted octanol–water partition coefficient (Wildman–Crippen LogP) is 0.332. The summed E-state index contributed by atoms with van der Waals surface area (Å²) in [5.74, 6) is 0.532. The molecule has 0 fully saturated rings. The Bertz CT molecular complexity index is 387. The lowest BCUT2D eigenvalue weighted by Gasteiger charge is -2.14. The number of nitriles is 1. The molecule has 0 aliphatic carbocycles. The maximum absolute atomic E-state index is 9.21. The van der Waals surface area contributed by atoms with Gasteiger partial charge in [-0.3, -0.25) is 0 Å². The second-order valence-corrected chi connectivity index (χ2v) is 3.21. The van der Waals surface area contributed by atoms with Crippen molar-refractivity contribution in [3.05, 3.63) is 23.8 Å². The molecule has 1 aromatic carbocycles. The van der Waals surface area contributed by atoms with E-state index in [0.717, 1.165) is 0 Å². The molecule has 5 nitrogen and oxygen atoms in total. The number of aliphatic hydroxyl groups excluding tert-OH is 2. The normalized spacial score (nSPS) is 11.6. The predicted molar refractivity (Wildman–Crippen MR) is 59.3 cm³/mol. The van der Waals surface area contributed by atoms with Gasteiger partial charge in [0.15, 0.2) is 0 Å². The third kappa shape index (κ3) is 2.86. The van der Waals surface area contributed by atoms with Crippen LogP contribution in [0.3, 0.4) is 0 Å². The summed E-state index contributed by atoms with van der Waals surface area (Å²) in [6.45, 7) is -0.171. The molecule has 0 aliphatic rings. The second kappa shape index (κ2) is 5.95. The van der Waals surface area contributed by atoms with Crippen LogP contribution < -0.4 is 10.1 Å². The Labute approximate surface area is 93.9 Å². The van der Waals surface area contributed by atoms with E-state index in [4.69, 9.17) is 15.1 Å². The molecular formula is C11H14N2O3.